The van der Waals surface area contributed by atoms with Crippen molar-refractivity contribution < 1.29 is 38.9 Å². The van der Waals surface area contributed by atoms with Crippen LogP contribution in [0.5, 0.6) is 0 Å². The fraction of sp³-hybridized carbons (Fsp3) is 0.750. The maximum atomic E-state index is 13.7. The first-order valence-electron chi connectivity index (χ1n) is 11.2. The van der Waals surface area contributed by atoms with Gasteiger partial charge in [0, 0.05) is 48.3 Å². The summed E-state index contributed by atoms with van der Waals surface area (Å²) in [5, 5.41) is 22.9. The number of allylic oxidation sites excluding steroid dienone is 1. The molecular formula is C24H32O8. The second kappa shape index (κ2) is 6.97. The molecule has 4 aliphatic rings. The molecule has 8 nitrogen and oxygen atoms in total. The van der Waals surface area contributed by atoms with E-state index in [0.717, 1.165) is 0 Å². The summed E-state index contributed by atoms with van der Waals surface area (Å²) in [6.07, 6.45) is -4.01. The number of hydrogen-bond donors (Lipinski definition) is 2. The van der Waals surface area contributed by atoms with Crippen molar-refractivity contribution in [3.05, 3.63) is 12.2 Å². The maximum Gasteiger partial charge on any atom is 0.303 e. The Morgan fingerprint density at radius 1 is 1.06 bits per heavy atom. The molecule has 0 saturated heterocycles. The molecule has 4 rings (SSSR count). The number of ketones is 2. The third-order valence-corrected chi connectivity index (χ3v) is 8.78. The van der Waals surface area contributed by atoms with Crippen molar-refractivity contribution in [3.8, 4) is 0 Å². The van der Waals surface area contributed by atoms with Gasteiger partial charge >= 0.3 is 11.9 Å². The molecule has 8 heteroatoms. The smallest absolute Gasteiger partial charge is 0.303 e. The fourth-order valence-corrected chi connectivity index (χ4v) is 8.06. The minimum Gasteiger partial charge on any atom is -0.458 e. The van der Waals surface area contributed by atoms with E-state index in [9.17, 15) is 29.4 Å². The van der Waals surface area contributed by atoms with Crippen LogP contribution in [-0.2, 0) is 28.7 Å². The Kier molecular flexibility index (Phi) is 5.03. The number of hydrogen-bond acceptors (Lipinski definition) is 8. The van der Waals surface area contributed by atoms with Gasteiger partial charge < -0.3 is 19.7 Å². The van der Waals surface area contributed by atoms with E-state index in [1.54, 1.807) is 20.8 Å². The van der Waals surface area contributed by atoms with E-state index in [1.165, 1.54) is 13.8 Å². The number of Topliss-reactive ketones (excluding diaryl/α,β-unsaturated/α-hetero) is 2. The van der Waals surface area contributed by atoms with Gasteiger partial charge in [-0.3, -0.25) is 19.2 Å². The predicted octanol–water partition coefficient (Wildman–Crippen LogP) is 1.36. The second-order valence-corrected chi connectivity index (χ2v) is 11.0. The molecule has 0 aromatic heterocycles. The van der Waals surface area contributed by atoms with Gasteiger partial charge in [-0.15, -0.1) is 0 Å². The molecule has 0 heterocycles. The van der Waals surface area contributed by atoms with Crippen molar-refractivity contribution in [2.45, 2.75) is 78.3 Å². The van der Waals surface area contributed by atoms with Gasteiger partial charge in [-0.2, -0.15) is 0 Å². The zero-order chi connectivity index (χ0) is 24.0. The predicted molar refractivity (Wildman–Crippen MR) is 111 cm³/mol. The summed E-state index contributed by atoms with van der Waals surface area (Å²) in [6.45, 7) is 11.5. The van der Waals surface area contributed by atoms with E-state index < -0.39 is 64.4 Å². The standard InChI is InChI=1S/C24H32O8/c1-10-13-7-14(27)18-23(6)17(15(28)9-24(18,8-13)19(10)29)22(4,5)21(32-12(3)26)16(20(23)30)31-11(2)25/h13-14,16-18,20-21,27,30H,1,7-9H2,2-6H3. The first kappa shape index (κ1) is 23.1. The Hall–Kier alpha value is -2.06. The summed E-state index contributed by atoms with van der Waals surface area (Å²) in [7, 11) is 0. The average molecular weight is 449 g/mol. The first-order chi connectivity index (χ1) is 14.7. The molecule has 2 bridgehead atoms. The van der Waals surface area contributed by atoms with Crippen molar-refractivity contribution in [3.63, 3.8) is 0 Å². The van der Waals surface area contributed by atoms with Crippen LogP contribution in [0.3, 0.4) is 0 Å². The Balaban J connectivity index is 1.92. The van der Waals surface area contributed by atoms with E-state index in [2.05, 4.69) is 6.58 Å². The third kappa shape index (κ3) is 2.75. The van der Waals surface area contributed by atoms with Gasteiger partial charge in [-0.05, 0) is 24.3 Å². The van der Waals surface area contributed by atoms with Crippen molar-refractivity contribution in [2.75, 3.05) is 0 Å². The normalized spacial score (nSPS) is 46.8. The monoisotopic (exact) mass is 448 g/mol. The number of carbonyl (C=O) groups excluding carboxylic acids is 4. The van der Waals surface area contributed by atoms with Crippen LogP contribution in [0.15, 0.2) is 12.2 Å². The Morgan fingerprint density at radius 2 is 1.66 bits per heavy atom. The van der Waals surface area contributed by atoms with Crippen molar-refractivity contribution in [1.29, 1.82) is 0 Å². The summed E-state index contributed by atoms with van der Waals surface area (Å²) in [6, 6.07) is 0. The van der Waals surface area contributed by atoms with Crippen LogP contribution < -0.4 is 0 Å². The molecule has 176 valence electrons. The molecule has 32 heavy (non-hydrogen) atoms. The van der Waals surface area contributed by atoms with E-state index in [1.807, 2.05) is 0 Å². The Bertz CT molecular complexity index is 921. The number of fused-ring (bicyclic) bond motifs is 3. The molecule has 0 radical (unpaired) electrons. The molecule has 4 saturated carbocycles. The van der Waals surface area contributed by atoms with Gasteiger partial charge in [0.05, 0.1) is 6.10 Å². The van der Waals surface area contributed by atoms with Crippen LogP contribution in [0.25, 0.3) is 0 Å². The van der Waals surface area contributed by atoms with Gasteiger partial charge in [0.2, 0.25) is 0 Å². The van der Waals surface area contributed by atoms with Crippen LogP contribution >= 0.6 is 0 Å². The summed E-state index contributed by atoms with van der Waals surface area (Å²) in [4.78, 5) is 51.0. The molecule has 0 amide bonds. The van der Waals surface area contributed by atoms with Crippen LogP contribution in [0, 0.1) is 34.0 Å². The molecule has 0 aliphatic heterocycles. The first-order valence-corrected chi connectivity index (χ1v) is 11.2. The lowest BCUT2D eigenvalue weighted by Crippen LogP contribution is -2.75. The summed E-state index contributed by atoms with van der Waals surface area (Å²) in [5.41, 5.74) is -3.03. The Labute approximate surface area is 187 Å². The lowest BCUT2D eigenvalue weighted by Gasteiger charge is -2.66. The van der Waals surface area contributed by atoms with Crippen molar-refractivity contribution in [2.24, 2.45) is 34.0 Å². The van der Waals surface area contributed by atoms with Gasteiger partial charge in [0.1, 0.15) is 18.0 Å². The number of carbonyl (C=O) groups is 4. The molecule has 2 N–H and O–H groups in total. The zero-order valence-corrected chi connectivity index (χ0v) is 19.2. The number of aliphatic hydroxyl groups excluding tert-OH is 2. The number of rotatable bonds is 2. The summed E-state index contributed by atoms with van der Waals surface area (Å²) >= 11 is 0. The van der Waals surface area contributed by atoms with Gasteiger partial charge in [0.25, 0.3) is 0 Å². The summed E-state index contributed by atoms with van der Waals surface area (Å²) < 4.78 is 11.0. The number of aliphatic hydroxyl groups is 2. The minimum absolute atomic E-state index is 0.0511. The molecular weight excluding hydrogens is 416 g/mol. The van der Waals surface area contributed by atoms with Gasteiger partial charge in [-0.25, -0.2) is 0 Å². The number of ether oxygens (including phenoxy) is 2. The van der Waals surface area contributed by atoms with Crippen molar-refractivity contribution >= 4 is 23.5 Å². The molecule has 9 unspecified atom stereocenters. The number of esters is 2. The molecule has 0 aromatic rings. The minimum atomic E-state index is -1.44. The van der Waals surface area contributed by atoms with Gasteiger partial charge in [-0.1, -0.05) is 27.4 Å². The highest BCUT2D eigenvalue weighted by molar-refractivity contribution is 6.06. The fourth-order valence-electron chi connectivity index (χ4n) is 8.06. The molecule has 1 spiro atoms. The van der Waals surface area contributed by atoms with Gasteiger partial charge in [0.15, 0.2) is 11.9 Å². The maximum absolute atomic E-state index is 13.7. The highest BCUT2D eigenvalue weighted by Crippen LogP contribution is 2.70. The highest BCUT2D eigenvalue weighted by Gasteiger charge is 2.76. The van der Waals surface area contributed by atoms with Crippen LogP contribution in [0.4, 0.5) is 0 Å². The van der Waals surface area contributed by atoms with E-state index in [-0.39, 0.29) is 23.9 Å². The average Bonchev–Trinajstić information content (AvgIpc) is 2.82. The summed E-state index contributed by atoms with van der Waals surface area (Å²) in [5.74, 6) is -3.48. The zero-order valence-electron chi connectivity index (χ0n) is 19.2. The SMILES string of the molecule is C=C1C(=O)C23CC(=O)C4C(C)(C)C(OC(C)=O)C(OC(C)=O)C(O)C4(C)C2C(O)CC1C3. The molecule has 0 aromatic carbocycles. The Morgan fingerprint density at radius 3 is 2.22 bits per heavy atom. The van der Waals surface area contributed by atoms with Crippen molar-refractivity contribution in [1.82, 2.24) is 0 Å². The molecule has 4 aliphatic carbocycles. The van der Waals surface area contributed by atoms with Crippen LogP contribution in [0.1, 0.15) is 53.9 Å². The highest BCUT2D eigenvalue weighted by atomic mass is 16.6. The molecule has 4 fully saturated rings. The molecule has 9 atom stereocenters. The van der Waals surface area contributed by atoms with Crippen LogP contribution in [-0.4, -0.2) is 58.1 Å². The lowest BCUT2D eigenvalue weighted by atomic mass is 9.38. The largest absolute Gasteiger partial charge is 0.458 e. The second-order valence-electron chi connectivity index (χ2n) is 11.0. The lowest BCUT2D eigenvalue weighted by molar-refractivity contribution is -0.276. The third-order valence-electron chi connectivity index (χ3n) is 8.78. The van der Waals surface area contributed by atoms with Crippen LogP contribution in [0.2, 0.25) is 0 Å². The van der Waals surface area contributed by atoms with E-state index >= 15 is 0 Å². The van der Waals surface area contributed by atoms with E-state index in [0.29, 0.717) is 18.4 Å². The quantitative estimate of drug-likeness (QED) is 0.479. The van der Waals surface area contributed by atoms with E-state index in [4.69, 9.17) is 9.47 Å². The topological polar surface area (TPSA) is 127 Å².